The van der Waals surface area contributed by atoms with E-state index >= 15 is 0 Å². The molecule has 0 radical (unpaired) electrons. The Kier molecular flexibility index (Phi) is 4.59. The Bertz CT molecular complexity index is 622. The van der Waals surface area contributed by atoms with Gasteiger partial charge in [-0.2, -0.15) is 13.2 Å². The summed E-state index contributed by atoms with van der Waals surface area (Å²) in [7, 11) is 0. The molecule has 0 aliphatic carbocycles. The molecule has 0 unspecified atom stereocenters. The van der Waals surface area contributed by atoms with Crippen molar-refractivity contribution < 1.29 is 22.9 Å². The fourth-order valence-electron chi connectivity index (χ4n) is 2.18. The molecule has 10 heteroatoms. The van der Waals surface area contributed by atoms with E-state index in [1.54, 1.807) is 0 Å². The largest absolute Gasteiger partial charge is 0.417 e. The highest BCUT2D eigenvalue weighted by molar-refractivity contribution is 9.10. The van der Waals surface area contributed by atoms with E-state index in [0.29, 0.717) is 6.07 Å². The second-order valence-corrected chi connectivity index (χ2v) is 5.52. The predicted octanol–water partition coefficient (Wildman–Crippen LogP) is 2.70. The number of hydrogen-bond acceptors (Lipinski definition) is 4. The molecule has 1 aromatic carbocycles. The molecule has 1 amide bonds. The van der Waals surface area contributed by atoms with E-state index in [9.17, 15) is 28.1 Å². The smallest absolute Gasteiger partial charge is 0.364 e. The Morgan fingerprint density at radius 1 is 1.32 bits per heavy atom. The first-order chi connectivity index (χ1) is 10.2. The maximum absolute atomic E-state index is 12.9. The monoisotopic (exact) mass is 381 g/mol. The van der Waals surface area contributed by atoms with Gasteiger partial charge < -0.3 is 10.2 Å². The van der Waals surface area contributed by atoms with E-state index in [0.717, 1.165) is 6.07 Å². The van der Waals surface area contributed by atoms with Gasteiger partial charge in [-0.1, -0.05) is 15.9 Å². The SMILES string of the molecule is O=C1CCN(c2cc(Br)c(C(F)(F)F)cc2[N+](=O)[O-])CCN1. The lowest BCUT2D eigenvalue weighted by atomic mass is 10.1. The molecule has 6 nitrogen and oxygen atoms in total. The maximum atomic E-state index is 12.9. The summed E-state index contributed by atoms with van der Waals surface area (Å²) in [5.41, 5.74) is -1.68. The highest BCUT2D eigenvalue weighted by Gasteiger charge is 2.36. The summed E-state index contributed by atoms with van der Waals surface area (Å²) in [6, 6.07) is 1.59. The maximum Gasteiger partial charge on any atom is 0.417 e. The third-order valence-electron chi connectivity index (χ3n) is 3.22. The van der Waals surface area contributed by atoms with Crippen molar-refractivity contribution >= 4 is 33.2 Å². The van der Waals surface area contributed by atoms with Gasteiger partial charge in [-0.25, -0.2) is 0 Å². The first-order valence-corrected chi connectivity index (χ1v) is 7.06. The van der Waals surface area contributed by atoms with Crippen molar-refractivity contribution in [1.82, 2.24) is 5.32 Å². The number of rotatable bonds is 2. The number of nitrogens with one attached hydrogen (secondary N) is 1. The van der Waals surface area contributed by atoms with Crippen LogP contribution in [0.15, 0.2) is 16.6 Å². The van der Waals surface area contributed by atoms with Crippen LogP contribution in [-0.4, -0.2) is 30.5 Å². The van der Waals surface area contributed by atoms with Crippen LogP contribution in [0.3, 0.4) is 0 Å². The highest BCUT2D eigenvalue weighted by Crippen LogP contribution is 2.41. The van der Waals surface area contributed by atoms with Crippen molar-refractivity contribution in [1.29, 1.82) is 0 Å². The lowest BCUT2D eigenvalue weighted by Crippen LogP contribution is -2.29. The number of nitro benzene ring substituents is 1. The minimum atomic E-state index is -4.70. The molecule has 0 saturated carbocycles. The molecule has 0 atom stereocenters. The first kappa shape index (κ1) is 16.5. The summed E-state index contributed by atoms with van der Waals surface area (Å²) in [6.45, 7) is 0.753. The molecule has 1 N–H and O–H groups in total. The molecule has 1 aliphatic rings. The topological polar surface area (TPSA) is 75.5 Å². The van der Waals surface area contributed by atoms with E-state index in [4.69, 9.17) is 0 Å². The Hall–Kier alpha value is -1.84. The van der Waals surface area contributed by atoms with E-state index in [2.05, 4.69) is 21.2 Å². The normalized spacial score (nSPS) is 16.2. The number of carbonyl (C=O) groups excluding carboxylic acids is 1. The van der Waals surface area contributed by atoms with Crippen LogP contribution in [0, 0.1) is 10.1 Å². The summed E-state index contributed by atoms with van der Waals surface area (Å²) >= 11 is 2.81. The van der Waals surface area contributed by atoms with Crippen LogP contribution in [0.4, 0.5) is 24.5 Å². The molecule has 0 aromatic heterocycles. The second-order valence-electron chi connectivity index (χ2n) is 4.66. The van der Waals surface area contributed by atoms with Crippen LogP contribution in [-0.2, 0) is 11.0 Å². The highest BCUT2D eigenvalue weighted by atomic mass is 79.9. The van der Waals surface area contributed by atoms with Gasteiger partial charge in [0.1, 0.15) is 5.69 Å². The third-order valence-corrected chi connectivity index (χ3v) is 3.88. The predicted molar refractivity (Wildman–Crippen MR) is 75.6 cm³/mol. The van der Waals surface area contributed by atoms with E-state index in [1.807, 2.05) is 0 Å². The minimum Gasteiger partial charge on any atom is -0.364 e. The average Bonchev–Trinajstić information content (AvgIpc) is 2.61. The Balaban J connectivity index is 2.48. The van der Waals surface area contributed by atoms with Gasteiger partial charge in [0.25, 0.3) is 5.69 Å². The van der Waals surface area contributed by atoms with Crippen LogP contribution in [0.5, 0.6) is 0 Å². The Morgan fingerprint density at radius 3 is 2.59 bits per heavy atom. The molecular formula is C12H11BrF3N3O3. The number of nitrogens with zero attached hydrogens (tertiary/aromatic N) is 2. The number of nitro groups is 1. The number of benzene rings is 1. The second kappa shape index (κ2) is 6.11. The van der Waals surface area contributed by atoms with Gasteiger partial charge in [-0.3, -0.25) is 14.9 Å². The molecular weight excluding hydrogens is 371 g/mol. The lowest BCUT2D eigenvalue weighted by molar-refractivity contribution is -0.384. The van der Waals surface area contributed by atoms with Crippen LogP contribution in [0.1, 0.15) is 12.0 Å². The average molecular weight is 382 g/mol. The van der Waals surface area contributed by atoms with Crippen molar-refractivity contribution in [2.24, 2.45) is 0 Å². The molecule has 120 valence electrons. The number of halogens is 4. The Morgan fingerprint density at radius 2 is 2.00 bits per heavy atom. The number of hydrogen-bond donors (Lipinski definition) is 1. The molecule has 22 heavy (non-hydrogen) atoms. The van der Waals surface area contributed by atoms with Gasteiger partial charge in [0.15, 0.2) is 0 Å². The van der Waals surface area contributed by atoms with Gasteiger partial charge in [0.05, 0.1) is 10.5 Å². The summed E-state index contributed by atoms with van der Waals surface area (Å²) in [4.78, 5) is 23.1. The fourth-order valence-corrected chi connectivity index (χ4v) is 2.73. The van der Waals surface area contributed by atoms with E-state index in [1.165, 1.54) is 4.90 Å². The van der Waals surface area contributed by atoms with Gasteiger partial charge >= 0.3 is 6.18 Å². The molecule has 2 rings (SSSR count). The number of alkyl halides is 3. The van der Waals surface area contributed by atoms with Crippen LogP contribution in [0.25, 0.3) is 0 Å². The van der Waals surface area contributed by atoms with Gasteiger partial charge in [-0.15, -0.1) is 0 Å². The number of carbonyl (C=O) groups is 1. The zero-order valence-electron chi connectivity index (χ0n) is 11.1. The first-order valence-electron chi connectivity index (χ1n) is 6.27. The molecule has 0 spiro atoms. The summed E-state index contributed by atoms with van der Waals surface area (Å²) in [5.74, 6) is -0.198. The quantitative estimate of drug-likeness (QED) is 0.631. The zero-order valence-corrected chi connectivity index (χ0v) is 12.7. The summed E-state index contributed by atoms with van der Waals surface area (Å²) in [5, 5.41) is 13.7. The van der Waals surface area contributed by atoms with Crippen molar-refractivity contribution in [3.8, 4) is 0 Å². The minimum absolute atomic E-state index is 0.0568. The summed E-state index contributed by atoms with van der Waals surface area (Å²) < 4.78 is 38.3. The fraction of sp³-hybridized carbons (Fsp3) is 0.417. The van der Waals surface area contributed by atoms with E-state index < -0.39 is 22.4 Å². The van der Waals surface area contributed by atoms with Crippen molar-refractivity contribution in [3.63, 3.8) is 0 Å². The summed E-state index contributed by atoms with van der Waals surface area (Å²) in [6.07, 6.45) is -4.58. The van der Waals surface area contributed by atoms with Crippen molar-refractivity contribution in [2.75, 3.05) is 24.5 Å². The van der Waals surface area contributed by atoms with Gasteiger partial charge in [0.2, 0.25) is 5.91 Å². The van der Waals surface area contributed by atoms with Gasteiger partial charge in [-0.05, 0) is 6.07 Å². The van der Waals surface area contributed by atoms with E-state index in [-0.39, 0.29) is 42.1 Å². The van der Waals surface area contributed by atoms with Crippen molar-refractivity contribution in [3.05, 3.63) is 32.3 Å². The Labute approximate surface area is 131 Å². The third kappa shape index (κ3) is 3.49. The lowest BCUT2D eigenvalue weighted by Gasteiger charge is -2.22. The van der Waals surface area contributed by atoms with Gasteiger partial charge in [0, 0.05) is 36.6 Å². The van der Waals surface area contributed by atoms with Crippen LogP contribution in [0.2, 0.25) is 0 Å². The molecule has 1 aromatic rings. The zero-order chi connectivity index (χ0) is 16.5. The molecule has 1 heterocycles. The number of amides is 1. The van der Waals surface area contributed by atoms with Crippen LogP contribution >= 0.6 is 15.9 Å². The standard InChI is InChI=1S/C12H11BrF3N3O3/c13-8-6-9(18-3-1-11(20)17-2-4-18)10(19(21)22)5-7(8)12(14,15)16/h5-6H,1-4H2,(H,17,20). The molecule has 1 aliphatic heterocycles. The van der Waals surface area contributed by atoms with Crippen molar-refractivity contribution in [2.45, 2.75) is 12.6 Å². The number of anilines is 1. The molecule has 0 bridgehead atoms. The van der Waals surface area contributed by atoms with Crippen LogP contribution < -0.4 is 10.2 Å². The molecule has 1 saturated heterocycles. The molecule has 1 fully saturated rings.